The van der Waals surface area contributed by atoms with E-state index in [0.29, 0.717) is 6.04 Å². The maximum absolute atomic E-state index is 3.61. The van der Waals surface area contributed by atoms with Crippen molar-refractivity contribution in [3.63, 3.8) is 0 Å². The van der Waals surface area contributed by atoms with Crippen LogP contribution in [0, 0.1) is 0 Å². The number of rotatable bonds is 4. The fourth-order valence-electron chi connectivity index (χ4n) is 0.581. The molecule has 0 spiro atoms. The normalized spacial score (nSPS) is 11.3. The molecule has 0 heterocycles. The summed E-state index contributed by atoms with van der Waals surface area (Å²) >= 11 is 0. The highest BCUT2D eigenvalue weighted by Gasteiger charge is 1.91. The van der Waals surface area contributed by atoms with Gasteiger partial charge in [0, 0.05) is 13.7 Å². The smallest absolute Gasteiger partial charge is 0.0521 e. The van der Waals surface area contributed by atoms with Gasteiger partial charge in [-0.2, -0.15) is 0 Å². The Morgan fingerprint density at radius 3 is 2.60 bits per heavy atom. The SMILES string of the molecule is C=C/C(=C\N=C)NC(C)C.[HH]. The van der Waals surface area contributed by atoms with Gasteiger partial charge in [0.25, 0.3) is 0 Å². The Balaban J connectivity index is 0. The number of hydrogen-bond acceptors (Lipinski definition) is 2. The standard InChI is InChI=1S/C8H14N2.H2/c1-5-8(6-9-4)10-7(2)3;/h5-7,10H,1,4H2,2-3H3;1H/b8-6+;. The molecule has 0 saturated heterocycles. The molecule has 0 saturated carbocycles. The summed E-state index contributed by atoms with van der Waals surface area (Å²) in [5.41, 5.74) is 0.907. The molecule has 10 heavy (non-hydrogen) atoms. The highest BCUT2D eigenvalue weighted by molar-refractivity contribution is 5.28. The third kappa shape index (κ3) is 3.89. The second-order valence-corrected chi connectivity index (χ2v) is 2.27. The van der Waals surface area contributed by atoms with E-state index in [1.165, 1.54) is 0 Å². The molecule has 0 aromatic rings. The van der Waals surface area contributed by atoms with Crippen LogP contribution in [0.1, 0.15) is 15.3 Å². The maximum atomic E-state index is 3.61. The fraction of sp³-hybridized carbons (Fsp3) is 0.375. The van der Waals surface area contributed by atoms with Crippen LogP contribution in [-0.2, 0) is 0 Å². The van der Waals surface area contributed by atoms with Crippen LogP contribution in [0.2, 0.25) is 0 Å². The summed E-state index contributed by atoms with van der Waals surface area (Å²) in [6.07, 6.45) is 3.36. The van der Waals surface area contributed by atoms with Crippen molar-refractivity contribution in [1.29, 1.82) is 0 Å². The van der Waals surface area contributed by atoms with Gasteiger partial charge in [-0.05, 0) is 26.6 Å². The van der Waals surface area contributed by atoms with Crippen molar-refractivity contribution in [2.75, 3.05) is 0 Å². The lowest BCUT2D eigenvalue weighted by Gasteiger charge is -2.08. The average Bonchev–Trinajstić information content (AvgIpc) is 1.86. The Morgan fingerprint density at radius 2 is 2.30 bits per heavy atom. The number of nitrogens with zero attached hydrogens (tertiary/aromatic N) is 1. The van der Waals surface area contributed by atoms with Gasteiger partial charge >= 0.3 is 0 Å². The van der Waals surface area contributed by atoms with Crippen LogP contribution in [-0.4, -0.2) is 12.8 Å². The zero-order chi connectivity index (χ0) is 7.98. The van der Waals surface area contributed by atoms with Gasteiger partial charge < -0.3 is 5.32 Å². The lowest BCUT2D eigenvalue weighted by molar-refractivity contribution is 0.680. The zero-order valence-electron chi connectivity index (χ0n) is 6.59. The molecule has 0 aliphatic rings. The van der Waals surface area contributed by atoms with Crippen molar-refractivity contribution in [3.05, 3.63) is 24.6 Å². The third-order valence-corrected chi connectivity index (χ3v) is 0.906. The van der Waals surface area contributed by atoms with Gasteiger partial charge in [0.1, 0.15) is 0 Å². The predicted molar refractivity (Wildman–Crippen MR) is 48.2 cm³/mol. The minimum atomic E-state index is 0. The minimum absolute atomic E-state index is 0. The molecule has 1 N–H and O–H groups in total. The van der Waals surface area contributed by atoms with Gasteiger partial charge in [-0.3, -0.25) is 4.99 Å². The van der Waals surface area contributed by atoms with E-state index in [1.807, 2.05) is 0 Å². The summed E-state index contributed by atoms with van der Waals surface area (Å²) in [4.78, 5) is 3.61. The van der Waals surface area contributed by atoms with E-state index in [1.54, 1.807) is 12.3 Å². The number of hydrogen-bond donors (Lipinski definition) is 1. The van der Waals surface area contributed by atoms with E-state index in [9.17, 15) is 0 Å². The highest BCUT2D eigenvalue weighted by Crippen LogP contribution is 1.92. The molecule has 0 aromatic heterocycles. The van der Waals surface area contributed by atoms with Crippen molar-refractivity contribution >= 4 is 6.72 Å². The van der Waals surface area contributed by atoms with Crippen LogP contribution >= 0.6 is 0 Å². The highest BCUT2D eigenvalue weighted by atomic mass is 14.9. The Bertz CT molecular complexity index is 150. The Labute approximate surface area is 63.8 Å². The second kappa shape index (κ2) is 4.79. The van der Waals surface area contributed by atoms with Gasteiger partial charge in [0.15, 0.2) is 0 Å². The largest absolute Gasteiger partial charge is 0.382 e. The molecular formula is C8H16N2. The van der Waals surface area contributed by atoms with E-state index >= 15 is 0 Å². The van der Waals surface area contributed by atoms with Crippen LogP contribution in [0.3, 0.4) is 0 Å². The number of aliphatic imine (C=N–C) groups is 1. The van der Waals surface area contributed by atoms with Crippen molar-refractivity contribution in [2.24, 2.45) is 4.99 Å². The van der Waals surface area contributed by atoms with E-state index in [-0.39, 0.29) is 1.43 Å². The molecule has 0 rings (SSSR count). The predicted octanol–water partition coefficient (Wildman–Crippen LogP) is 1.96. The van der Waals surface area contributed by atoms with Gasteiger partial charge in [-0.15, -0.1) is 0 Å². The summed E-state index contributed by atoms with van der Waals surface area (Å²) in [5.74, 6) is 0. The van der Waals surface area contributed by atoms with Crippen LogP contribution in [0.15, 0.2) is 29.5 Å². The fourth-order valence-corrected chi connectivity index (χ4v) is 0.581. The minimum Gasteiger partial charge on any atom is -0.382 e. The molecule has 58 valence electrons. The molecule has 0 amide bonds. The molecule has 0 aliphatic heterocycles. The quantitative estimate of drug-likeness (QED) is 0.468. The molecule has 2 nitrogen and oxygen atoms in total. The molecule has 0 bridgehead atoms. The van der Waals surface area contributed by atoms with Crippen LogP contribution in [0.4, 0.5) is 0 Å². The van der Waals surface area contributed by atoms with Crippen LogP contribution < -0.4 is 5.32 Å². The Kier molecular flexibility index (Phi) is 4.29. The second-order valence-electron chi connectivity index (χ2n) is 2.27. The van der Waals surface area contributed by atoms with Gasteiger partial charge in [0.05, 0.1) is 5.70 Å². The van der Waals surface area contributed by atoms with Crippen LogP contribution in [0.25, 0.3) is 0 Å². The summed E-state index contributed by atoms with van der Waals surface area (Å²) in [6.45, 7) is 11.1. The molecule has 0 radical (unpaired) electrons. The first-order chi connectivity index (χ1) is 4.70. The lowest BCUT2D eigenvalue weighted by Crippen LogP contribution is -2.20. The van der Waals surface area contributed by atoms with Gasteiger partial charge in [0.2, 0.25) is 0 Å². The topological polar surface area (TPSA) is 24.4 Å². The Hall–Kier alpha value is -1.05. The summed E-state index contributed by atoms with van der Waals surface area (Å²) in [6, 6.07) is 0.408. The van der Waals surface area contributed by atoms with Crippen molar-refractivity contribution in [1.82, 2.24) is 5.32 Å². The summed E-state index contributed by atoms with van der Waals surface area (Å²) < 4.78 is 0. The maximum Gasteiger partial charge on any atom is 0.0521 e. The molecular weight excluding hydrogens is 124 g/mol. The molecule has 0 unspecified atom stereocenters. The van der Waals surface area contributed by atoms with E-state index in [4.69, 9.17) is 0 Å². The zero-order valence-corrected chi connectivity index (χ0v) is 6.59. The average molecular weight is 140 g/mol. The van der Waals surface area contributed by atoms with Crippen molar-refractivity contribution < 1.29 is 1.43 Å². The van der Waals surface area contributed by atoms with Gasteiger partial charge in [-0.1, -0.05) is 6.58 Å². The number of allylic oxidation sites excluding steroid dienone is 1. The van der Waals surface area contributed by atoms with E-state index in [0.717, 1.165) is 5.70 Å². The number of nitrogens with one attached hydrogen (secondary N) is 1. The summed E-state index contributed by atoms with van der Waals surface area (Å²) in [5, 5.41) is 3.14. The van der Waals surface area contributed by atoms with Crippen LogP contribution in [0.5, 0.6) is 0 Å². The first-order valence-corrected chi connectivity index (χ1v) is 3.25. The molecule has 0 aliphatic carbocycles. The first-order valence-electron chi connectivity index (χ1n) is 3.25. The lowest BCUT2D eigenvalue weighted by atomic mass is 10.3. The van der Waals surface area contributed by atoms with Gasteiger partial charge in [-0.25, -0.2) is 0 Å². The molecule has 0 atom stereocenters. The third-order valence-electron chi connectivity index (χ3n) is 0.906. The van der Waals surface area contributed by atoms with Crippen molar-refractivity contribution in [3.8, 4) is 0 Å². The molecule has 2 heteroatoms. The summed E-state index contributed by atoms with van der Waals surface area (Å²) in [7, 11) is 0. The molecule has 0 aromatic carbocycles. The van der Waals surface area contributed by atoms with E-state index in [2.05, 4.69) is 37.5 Å². The first kappa shape index (κ1) is 8.95. The van der Waals surface area contributed by atoms with Crippen molar-refractivity contribution in [2.45, 2.75) is 19.9 Å². The van der Waals surface area contributed by atoms with E-state index < -0.39 is 0 Å². The molecule has 0 fully saturated rings. The Morgan fingerprint density at radius 1 is 1.70 bits per heavy atom. The monoisotopic (exact) mass is 140 g/mol.